The van der Waals surface area contributed by atoms with Crippen molar-refractivity contribution in [3.05, 3.63) is 12.7 Å². The number of amides is 2. The molecular formula is C21H29N7O8. The van der Waals surface area contributed by atoms with Gasteiger partial charge in [-0.1, -0.05) is 0 Å². The minimum atomic E-state index is -1.58. The molecule has 0 bridgehead atoms. The Balaban J connectivity index is 1.47. The Bertz CT molecular complexity index is 1130. The fourth-order valence-corrected chi connectivity index (χ4v) is 4.13. The number of imidazole rings is 1. The van der Waals surface area contributed by atoms with Gasteiger partial charge in [0.05, 0.1) is 25.5 Å². The molecule has 0 unspecified atom stereocenters. The Morgan fingerprint density at radius 1 is 1.25 bits per heavy atom. The predicted octanol–water partition coefficient (Wildman–Crippen LogP) is -1.73. The van der Waals surface area contributed by atoms with Gasteiger partial charge in [-0.3, -0.25) is 14.5 Å². The van der Waals surface area contributed by atoms with Crippen molar-refractivity contribution in [1.82, 2.24) is 30.2 Å². The third kappa shape index (κ3) is 5.23. The maximum absolute atomic E-state index is 13.1. The van der Waals surface area contributed by atoms with E-state index in [0.717, 1.165) is 4.90 Å². The lowest BCUT2D eigenvalue weighted by molar-refractivity contribution is -0.185. The first-order valence-electron chi connectivity index (χ1n) is 11.3. The predicted molar refractivity (Wildman–Crippen MR) is 121 cm³/mol. The van der Waals surface area contributed by atoms with Crippen LogP contribution in [-0.2, 0) is 19.1 Å². The molecule has 196 valence electrons. The average Bonchev–Trinajstić information content (AvgIpc) is 3.44. The Hall–Kier alpha value is -3.40. The van der Waals surface area contributed by atoms with Crippen LogP contribution < -0.4 is 10.6 Å². The van der Waals surface area contributed by atoms with Crippen molar-refractivity contribution in [2.24, 2.45) is 0 Å². The molecule has 2 aromatic heterocycles. The van der Waals surface area contributed by atoms with Crippen molar-refractivity contribution < 1.29 is 39.2 Å². The zero-order chi connectivity index (χ0) is 26.2. The number of ether oxygens (including phenoxy) is 2. The molecule has 2 aliphatic rings. The molecular weight excluding hydrogens is 478 g/mol. The summed E-state index contributed by atoms with van der Waals surface area (Å²) in [6.07, 6.45) is -3.89. The number of likely N-dealkylation sites (tertiary alicyclic amines) is 1. The number of carbonyl (C=O) groups excluding carboxylic acids is 3. The van der Waals surface area contributed by atoms with E-state index in [2.05, 4.69) is 30.6 Å². The second-order valence-electron chi connectivity index (χ2n) is 9.63. The highest BCUT2D eigenvalue weighted by atomic mass is 16.6. The number of anilines is 1. The first kappa shape index (κ1) is 25.7. The van der Waals surface area contributed by atoms with Gasteiger partial charge in [0, 0.05) is 6.42 Å². The zero-order valence-electron chi connectivity index (χ0n) is 19.9. The zero-order valence-corrected chi connectivity index (χ0v) is 19.9. The molecule has 4 heterocycles. The lowest BCUT2D eigenvalue weighted by Crippen LogP contribution is -2.67. The van der Waals surface area contributed by atoms with E-state index in [-0.39, 0.29) is 24.6 Å². The van der Waals surface area contributed by atoms with E-state index in [9.17, 15) is 29.7 Å². The van der Waals surface area contributed by atoms with E-state index in [4.69, 9.17) is 9.47 Å². The third-order valence-corrected chi connectivity index (χ3v) is 5.82. The topological polar surface area (TPSA) is 212 Å². The number of hydrogen-bond donors (Lipinski definition) is 6. The van der Waals surface area contributed by atoms with Gasteiger partial charge in [-0.15, -0.1) is 0 Å². The first-order chi connectivity index (χ1) is 17.0. The number of nitrogens with zero attached hydrogens (tertiary/aromatic N) is 4. The summed E-state index contributed by atoms with van der Waals surface area (Å²) in [5, 5.41) is 36.8. The largest absolute Gasteiger partial charge is 0.444 e. The van der Waals surface area contributed by atoms with Crippen molar-refractivity contribution in [1.29, 1.82) is 0 Å². The number of aliphatic hydroxyl groups is 3. The van der Waals surface area contributed by atoms with E-state index in [1.54, 1.807) is 20.8 Å². The van der Waals surface area contributed by atoms with Crippen LogP contribution in [0.1, 0.15) is 27.2 Å². The molecule has 4 rings (SSSR count). The SMILES string of the molecule is CC(C)(C)OC(=O)N1CC(=O)C[C@@H]1C(=O)N[C@@H]1[C@@H](O)[C@H](O)[C@@H](Nc2ncnc3nc[nH]c23)O[C@H]1CO. The second-order valence-corrected chi connectivity index (χ2v) is 9.63. The van der Waals surface area contributed by atoms with Gasteiger partial charge in [-0.05, 0) is 20.8 Å². The van der Waals surface area contributed by atoms with Crippen molar-refractivity contribution in [2.45, 2.75) is 69.4 Å². The Morgan fingerprint density at radius 3 is 2.69 bits per heavy atom. The number of H-pyrrole nitrogens is 1. The lowest BCUT2D eigenvalue weighted by atomic mass is 9.95. The molecule has 15 heteroatoms. The van der Waals surface area contributed by atoms with Crippen molar-refractivity contribution >= 4 is 34.8 Å². The van der Waals surface area contributed by atoms with Gasteiger partial charge in [0.15, 0.2) is 23.5 Å². The number of fused-ring (bicyclic) bond motifs is 1. The lowest BCUT2D eigenvalue weighted by Gasteiger charge is -2.43. The molecule has 2 aromatic rings. The van der Waals surface area contributed by atoms with Crippen LogP contribution in [0.25, 0.3) is 11.2 Å². The van der Waals surface area contributed by atoms with Crippen LogP contribution in [0.2, 0.25) is 0 Å². The molecule has 2 amide bonds. The molecule has 6 N–H and O–H groups in total. The summed E-state index contributed by atoms with van der Waals surface area (Å²) >= 11 is 0. The van der Waals surface area contributed by atoms with Crippen LogP contribution >= 0.6 is 0 Å². The Labute approximate surface area is 205 Å². The van der Waals surface area contributed by atoms with Crippen molar-refractivity contribution in [3.8, 4) is 0 Å². The highest BCUT2D eigenvalue weighted by Crippen LogP contribution is 2.26. The van der Waals surface area contributed by atoms with Crippen LogP contribution in [0.4, 0.5) is 10.6 Å². The minimum Gasteiger partial charge on any atom is -0.444 e. The quantitative estimate of drug-likeness (QED) is 0.266. The Morgan fingerprint density at radius 2 is 2.00 bits per heavy atom. The van der Waals surface area contributed by atoms with Crippen molar-refractivity contribution in [3.63, 3.8) is 0 Å². The smallest absolute Gasteiger partial charge is 0.411 e. The summed E-state index contributed by atoms with van der Waals surface area (Å²) < 4.78 is 11.0. The number of aromatic nitrogens is 4. The minimum absolute atomic E-state index is 0.237. The summed E-state index contributed by atoms with van der Waals surface area (Å²) in [5.41, 5.74) is -0.0359. The summed E-state index contributed by atoms with van der Waals surface area (Å²) in [7, 11) is 0. The highest BCUT2D eigenvalue weighted by molar-refractivity contribution is 5.97. The van der Waals surface area contributed by atoms with Crippen LogP contribution in [0.3, 0.4) is 0 Å². The van der Waals surface area contributed by atoms with Gasteiger partial charge in [0.2, 0.25) is 5.91 Å². The number of rotatable bonds is 5. The fraction of sp³-hybridized carbons (Fsp3) is 0.619. The van der Waals surface area contributed by atoms with Crippen LogP contribution in [-0.4, -0.2) is 113 Å². The number of nitrogens with one attached hydrogen (secondary N) is 3. The molecule has 2 fully saturated rings. The normalized spacial score (nSPS) is 28.8. The fourth-order valence-electron chi connectivity index (χ4n) is 4.13. The number of carbonyl (C=O) groups is 3. The van der Waals surface area contributed by atoms with E-state index in [1.165, 1.54) is 12.7 Å². The molecule has 0 aromatic carbocycles. The summed E-state index contributed by atoms with van der Waals surface area (Å²) in [6, 6.07) is -2.43. The van der Waals surface area contributed by atoms with Gasteiger partial charge in [-0.2, -0.15) is 0 Å². The third-order valence-electron chi connectivity index (χ3n) is 5.82. The number of aliphatic hydroxyl groups excluding tert-OH is 3. The number of ketones is 1. The molecule has 15 nitrogen and oxygen atoms in total. The summed E-state index contributed by atoms with van der Waals surface area (Å²) in [4.78, 5) is 53.6. The molecule has 36 heavy (non-hydrogen) atoms. The van der Waals surface area contributed by atoms with E-state index >= 15 is 0 Å². The molecule has 0 radical (unpaired) electrons. The van der Waals surface area contributed by atoms with E-state index in [1.807, 2.05) is 0 Å². The molecule has 0 aliphatic carbocycles. The summed E-state index contributed by atoms with van der Waals surface area (Å²) in [6.45, 7) is 4.06. The van der Waals surface area contributed by atoms with Gasteiger partial charge >= 0.3 is 6.09 Å². The van der Waals surface area contributed by atoms with Gasteiger partial charge in [0.25, 0.3) is 0 Å². The molecule has 6 atom stereocenters. The molecule has 2 saturated heterocycles. The van der Waals surface area contributed by atoms with Crippen LogP contribution in [0.5, 0.6) is 0 Å². The van der Waals surface area contributed by atoms with Gasteiger partial charge in [0.1, 0.15) is 41.8 Å². The number of aromatic amines is 1. The Kier molecular flexibility index (Phi) is 7.08. The van der Waals surface area contributed by atoms with Gasteiger partial charge < -0.3 is 40.4 Å². The maximum Gasteiger partial charge on any atom is 0.411 e. The number of Topliss-reactive ketones (excluding diaryl/α,β-unsaturated/α-hetero) is 1. The number of hydrogen-bond acceptors (Lipinski definition) is 12. The van der Waals surface area contributed by atoms with E-state index < -0.39 is 60.8 Å². The van der Waals surface area contributed by atoms with E-state index in [0.29, 0.717) is 11.2 Å². The maximum atomic E-state index is 13.1. The monoisotopic (exact) mass is 507 g/mol. The molecule has 0 saturated carbocycles. The van der Waals surface area contributed by atoms with Crippen molar-refractivity contribution in [2.75, 3.05) is 18.5 Å². The van der Waals surface area contributed by atoms with Crippen LogP contribution in [0.15, 0.2) is 12.7 Å². The molecule has 2 aliphatic heterocycles. The average molecular weight is 508 g/mol. The standard InChI is InChI=1S/C21H29N7O8/c1-21(2,3)36-20(34)28-5-9(30)4-10(28)18(33)26-12-11(6-29)35-19(15(32)14(12)31)27-17-13-16(23-7-22-13)24-8-25-17/h7-8,10-12,14-15,19,29,31-32H,4-6H2,1-3H3,(H,26,33)(H2,22,23,24,25,27)/t10-,11+,12+,14-,15+,19+/m1/s1. The second kappa shape index (κ2) is 9.93. The van der Waals surface area contributed by atoms with Crippen LogP contribution in [0, 0.1) is 0 Å². The van der Waals surface area contributed by atoms with Gasteiger partial charge in [-0.25, -0.2) is 19.7 Å². The first-order valence-corrected chi connectivity index (χ1v) is 11.3. The molecule has 0 spiro atoms. The summed E-state index contributed by atoms with van der Waals surface area (Å²) in [5.74, 6) is -0.851. The highest BCUT2D eigenvalue weighted by Gasteiger charge is 2.48.